The van der Waals surface area contributed by atoms with Crippen LogP contribution in [0.5, 0.6) is 0 Å². The Hall–Kier alpha value is 0.240. The van der Waals surface area contributed by atoms with Crippen LogP contribution in [-0.2, 0) is 9.84 Å². The second-order valence-electron chi connectivity index (χ2n) is 3.08. The first-order valence-corrected chi connectivity index (χ1v) is 5.54. The molecule has 0 spiro atoms. The summed E-state index contributed by atoms with van der Waals surface area (Å²) in [6, 6.07) is 0. The normalized spacial score (nSPS) is 49.9. The number of hydrogen-bond acceptors (Lipinski definition) is 2. The van der Waals surface area contributed by atoms with Gasteiger partial charge in [0.1, 0.15) is 0 Å². The van der Waals surface area contributed by atoms with E-state index in [2.05, 4.69) is 0 Å². The molecule has 4 heteroatoms. The van der Waals surface area contributed by atoms with Crippen LogP contribution in [0.15, 0.2) is 0 Å². The number of hydrogen-bond donors (Lipinski definition) is 0. The molecule has 0 aromatic rings. The average Bonchev–Trinajstić information content (AvgIpc) is 2.20. The van der Waals surface area contributed by atoms with Crippen molar-refractivity contribution in [2.24, 2.45) is 0 Å². The third-order valence-electron chi connectivity index (χ3n) is 2.55. The summed E-state index contributed by atoms with van der Waals surface area (Å²) in [5.74, 6) is 0. The van der Waals surface area contributed by atoms with Crippen molar-refractivity contribution in [3.8, 4) is 0 Å². The van der Waals surface area contributed by atoms with E-state index in [0.717, 1.165) is 12.8 Å². The van der Waals surface area contributed by atoms with Crippen LogP contribution < -0.4 is 0 Å². The van der Waals surface area contributed by atoms with Crippen LogP contribution in [-0.4, -0.2) is 24.3 Å². The van der Waals surface area contributed by atoms with Crippen LogP contribution in [0, 0.1) is 0 Å². The molecule has 0 aromatic heterocycles. The molecule has 0 radical (unpaired) electrons. The fourth-order valence-electron chi connectivity index (χ4n) is 1.97. The van der Waals surface area contributed by atoms with Crippen molar-refractivity contribution in [2.75, 3.05) is 0 Å². The van der Waals surface area contributed by atoms with E-state index < -0.39 is 9.84 Å². The number of halogens is 1. The van der Waals surface area contributed by atoms with Gasteiger partial charge in [0.25, 0.3) is 0 Å². The van der Waals surface area contributed by atoms with Crippen LogP contribution in [0.4, 0.5) is 0 Å². The summed E-state index contributed by atoms with van der Waals surface area (Å²) in [5, 5.41) is -0.400. The summed E-state index contributed by atoms with van der Waals surface area (Å²) in [5.41, 5.74) is 0. The summed E-state index contributed by atoms with van der Waals surface area (Å²) in [6.07, 6.45) is 2.33. The monoisotopic (exact) mass is 180 g/mol. The lowest BCUT2D eigenvalue weighted by atomic mass is 10.0. The molecule has 2 saturated heterocycles. The Morgan fingerprint density at radius 1 is 1.30 bits per heavy atom. The summed E-state index contributed by atoms with van der Waals surface area (Å²) < 4.78 is 22.6. The van der Waals surface area contributed by atoms with E-state index >= 15 is 0 Å². The molecule has 2 aliphatic heterocycles. The summed E-state index contributed by atoms with van der Waals surface area (Å²) >= 11 is 5.81. The van der Waals surface area contributed by atoms with E-state index in [1.54, 1.807) is 0 Å². The third kappa shape index (κ3) is 0.678. The molecule has 2 heterocycles. The molecule has 2 fully saturated rings. The molecular weight excluding hydrogens is 172 g/mol. The Balaban J connectivity index is 2.45. The van der Waals surface area contributed by atoms with Crippen LogP contribution >= 0.6 is 11.6 Å². The maximum absolute atomic E-state index is 11.3. The molecule has 10 heavy (non-hydrogen) atoms. The highest BCUT2D eigenvalue weighted by Crippen LogP contribution is 2.42. The lowest BCUT2D eigenvalue weighted by Crippen LogP contribution is -2.18. The van der Waals surface area contributed by atoms with E-state index in [9.17, 15) is 8.42 Å². The molecule has 0 unspecified atom stereocenters. The lowest BCUT2D eigenvalue weighted by Gasteiger charge is -2.09. The highest BCUT2D eigenvalue weighted by Gasteiger charge is 2.51. The summed E-state index contributed by atoms with van der Waals surface area (Å²) in [7, 11) is -2.77. The predicted octanol–water partition coefficient (Wildman–Crippen LogP) is 0.943. The quantitative estimate of drug-likeness (QED) is 0.520. The highest BCUT2D eigenvalue weighted by molar-refractivity contribution is 7.93. The van der Waals surface area contributed by atoms with Gasteiger partial charge in [0.05, 0.1) is 15.9 Å². The van der Waals surface area contributed by atoms with Gasteiger partial charge in [0, 0.05) is 0 Å². The van der Waals surface area contributed by atoms with Gasteiger partial charge in [0.15, 0.2) is 9.84 Å². The van der Waals surface area contributed by atoms with Gasteiger partial charge in [-0.3, -0.25) is 0 Å². The van der Waals surface area contributed by atoms with Crippen molar-refractivity contribution in [2.45, 2.75) is 35.1 Å². The minimum atomic E-state index is -2.77. The molecule has 58 valence electrons. The maximum Gasteiger partial charge on any atom is 0.157 e. The van der Waals surface area contributed by atoms with E-state index in [1.165, 1.54) is 0 Å². The van der Waals surface area contributed by atoms with Crippen molar-refractivity contribution in [3.05, 3.63) is 0 Å². The molecule has 3 atom stereocenters. The van der Waals surface area contributed by atoms with E-state index in [1.807, 2.05) is 0 Å². The van der Waals surface area contributed by atoms with E-state index in [-0.39, 0.29) is 15.9 Å². The molecule has 0 amide bonds. The first-order chi connectivity index (χ1) is 4.62. The van der Waals surface area contributed by atoms with Gasteiger partial charge < -0.3 is 0 Å². The molecule has 2 nitrogen and oxygen atoms in total. The fraction of sp³-hybridized carbons (Fsp3) is 1.00. The minimum absolute atomic E-state index is 0.0938. The van der Waals surface area contributed by atoms with Crippen molar-refractivity contribution in [1.82, 2.24) is 0 Å². The van der Waals surface area contributed by atoms with Crippen molar-refractivity contribution in [1.29, 1.82) is 0 Å². The molecular formula is C6H9ClO2S. The smallest absolute Gasteiger partial charge is 0.157 e. The van der Waals surface area contributed by atoms with Crippen LogP contribution in [0.25, 0.3) is 0 Å². The molecule has 0 saturated carbocycles. The average molecular weight is 181 g/mol. The first-order valence-electron chi connectivity index (χ1n) is 3.49. The Kier molecular flexibility index (Phi) is 1.30. The van der Waals surface area contributed by atoms with Crippen LogP contribution in [0.2, 0.25) is 0 Å². The highest BCUT2D eigenvalue weighted by atomic mass is 35.5. The fourth-order valence-corrected chi connectivity index (χ4v) is 5.27. The van der Waals surface area contributed by atoms with Gasteiger partial charge in [-0.05, 0) is 19.3 Å². The van der Waals surface area contributed by atoms with Gasteiger partial charge in [0.2, 0.25) is 0 Å². The van der Waals surface area contributed by atoms with E-state index in [0.29, 0.717) is 6.42 Å². The second kappa shape index (κ2) is 1.89. The summed E-state index contributed by atoms with van der Waals surface area (Å²) in [4.78, 5) is 0. The summed E-state index contributed by atoms with van der Waals surface area (Å²) in [6.45, 7) is 0. The molecule has 2 bridgehead atoms. The zero-order chi connectivity index (χ0) is 7.35. The SMILES string of the molecule is O=S1(=O)[C@@H]2CC[C@@H]1[C@@H](Cl)C2. The van der Waals surface area contributed by atoms with Gasteiger partial charge in [-0.2, -0.15) is 0 Å². The second-order valence-corrected chi connectivity index (χ2v) is 6.09. The van der Waals surface area contributed by atoms with Crippen molar-refractivity contribution < 1.29 is 8.42 Å². The van der Waals surface area contributed by atoms with Crippen LogP contribution in [0.1, 0.15) is 19.3 Å². The Morgan fingerprint density at radius 2 is 2.00 bits per heavy atom. The lowest BCUT2D eigenvalue weighted by molar-refractivity contribution is 0.583. The third-order valence-corrected chi connectivity index (χ3v) is 5.95. The van der Waals surface area contributed by atoms with Gasteiger partial charge in [-0.25, -0.2) is 8.42 Å². The first kappa shape index (κ1) is 6.92. The zero-order valence-corrected chi connectivity index (χ0v) is 7.03. The van der Waals surface area contributed by atoms with Gasteiger partial charge >= 0.3 is 0 Å². The molecule has 2 aliphatic rings. The Labute approximate surface area is 65.5 Å². The van der Waals surface area contributed by atoms with E-state index in [4.69, 9.17) is 11.6 Å². The largest absolute Gasteiger partial charge is 0.228 e. The molecule has 2 rings (SSSR count). The van der Waals surface area contributed by atoms with Gasteiger partial charge in [-0.1, -0.05) is 0 Å². The predicted molar refractivity (Wildman–Crippen MR) is 40.0 cm³/mol. The van der Waals surface area contributed by atoms with Gasteiger partial charge in [-0.15, -0.1) is 11.6 Å². The minimum Gasteiger partial charge on any atom is -0.228 e. The van der Waals surface area contributed by atoms with Crippen LogP contribution in [0.3, 0.4) is 0 Å². The standard InChI is InChI=1S/C6H9ClO2S/c7-5-3-4-1-2-6(5)10(4,8)9/h4-6H,1-3H2/t4-,5+,6-/m1/s1. The molecule has 0 aliphatic carbocycles. The topological polar surface area (TPSA) is 34.1 Å². The number of sulfone groups is 1. The van der Waals surface area contributed by atoms with Crippen molar-refractivity contribution >= 4 is 21.4 Å². The zero-order valence-electron chi connectivity index (χ0n) is 5.46. The number of alkyl halides is 1. The maximum atomic E-state index is 11.3. The Bertz CT molecular complexity index is 246. The number of rotatable bonds is 0. The Morgan fingerprint density at radius 3 is 2.20 bits per heavy atom. The molecule has 0 N–H and O–H groups in total. The molecule has 0 aromatic carbocycles. The van der Waals surface area contributed by atoms with Crippen molar-refractivity contribution in [3.63, 3.8) is 0 Å². The number of fused-ring (bicyclic) bond motifs is 2.